The molecule has 0 radical (unpaired) electrons. The fourth-order valence-electron chi connectivity index (χ4n) is 3.52. The van der Waals surface area contributed by atoms with Crippen LogP contribution in [0, 0.1) is 6.92 Å². The monoisotopic (exact) mass is 333 g/mol. The molecule has 0 saturated heterocycles. The van der Waals surface area contributed by atoms with Gasteiger partial charge in [0, 0.05) is 17.6 Å². The van der Waals surface area contributed by atoms with Gasteiger partial charge in [-0.1, -0.05) is 18.2 Å². The SMILES string of the molecule is Cc1cccc2nc(CN=C(N)Nc3cccc4c3CCCC4)cn12. The average Bonchev–Trinajstić information content (AvgIpc) is 3.05. The smallest absolute Gasteiger partial charge is 0.193 e. The van der Waals surface area contributed by atoms with E-state index in [1.807, 2.05) is 18.3 Å². The van der Waals surface area contributed by atoms with E-state index in [4.69, 9.17) is 5.73 Å². The highest BCUT2D eigenvalue weighted by atomic mass is 15.1. The highest BCUT2D eigenvalue weighted by molar-refractivity contribution is 5.93. The summed E-state index contributed by atoms with van der Waals surface area (Å²) in [4.78, 5) is 9.07. The summed E-state index contributed by atoms with van der Waals surface area (Å²) in [5.74, 6) is 0.438. The number of fused-ring (bicyclic) bond motifs is 2. The molecule has 128 valence electrons. The first-order valence-corrected chi connectivity index (χ1v) is 8.82. The van der Waals surface area contributed by atoms with Crippen LogP contribution in [0.4, 0.5) is 5.69 Å². The number of aryl methyl sites for hydroxylation is 2. The molecule has 3 aromatic rings. The number of nitrogens with one attached hydrogen (secondary N) is 1. The summed E-state index contributed by atoms with van der Waals surface area (Å²) in [5, 5.41) is 3.28. The molecule has 0 spiro atoms. The molecular formula is C20H23N5. The molecule has 4 rings (SSSR count). The van der Waals surface area contributed by atoms with Gasteiger partial charge in [0.1, 0.15) is 5.65 Å². The topological polar surface area (TPSA) is 67.7 Å². The minimum Gasteiger partial charge on any atom is -0.370 e. The molecule has 5 heteroatoms. The number of hydrogen-bond acceptors (Lipinski definition) is 2. The van der Waals surface area contributed by atoms with E-state index in [9.17, 15) is 0 Å². The molecule has 1 aromatic carbocycles. The number of aromatic nitrogens is 2. The normalized spacial score (nSPS) is 14.5. The lowest BCUT2D eigenvalue weighted by atomic mass is 9.90. The molecule has 1 aliphatic rings. The summed E-state index contributed by atoms with van der Waals surface area (Å²) in [6, 6.07) is 12.5. The molecule has 0 bridgehead atoms. The van der Waals surface area contributed by atoms with Crippen LogP contribution in [0.3, 0.4) is 0 Å². The Bertz CT molecular complexity index is 938. The maximum Gasteiger partial charge on any atom is 0.193 e. The maximum atomic E-state index is 6.12. The first-order chi connectivity index (χ1) is 12.2. The molecule has 0 unspecified atom stereocenters. The summed E-state index contributed by atoms with van der Waals surface area (Å²) < 4.78 is 2.07. The summed E-state index contributed by atoms with van der Waals surface area (Å²) in [6.45, 7) is 2.53. The number of benzene rings is 1. The fourth-order valence-corrected chi connectivity index (χ4v) is 3.52. The Morgan fingerprint density at radius 2 is 2.04 bits per heavy atom. The van der Waals surface area contributed by atoms with Crippen molar-refractivity contribution in [2.45, 2.75) is 39.2 Å². The summed E-state index contributed by atoms with van der Waals surface area (Å²) >= 11 is 0. The van der Waals surface area contributed by atoms with E-state index in [0.717, 1.165) is 35.6 Å². The minimum atomic E-state index is 0.438. The van der Waals surface area contributed by atoms with E-state index in [1.165, 1.54) is 24.0 Å². The van der Waals surface area contributed by atoms with Crippen LogP contribution in [0.5, 0.6) is 0 Å². The molecule has 5 nitrogen and oxygen atoms in total. The summed E-state index contributed by atoms with van der Waals surface area (Å²) in [7, 11) is 0. The molecule has 25 heavy (non-hydrogen) atoms. The van der Waals surface area contributed by atoms with Crippen molar-refractivity contribution in [3.63, 3.8) is 0 Å². The lowest BCUT2D eigenvalue weighted by Gasteiger charge is -2.19. The van der Waals surface area contributed by atoms with Crippen molar-refractivity contribution >= 4 is 17.3 Å². The zero-order chi connectivity index (χ0) is 17.2. The number of nitrogens with zero attached hydrogens (tertiary/aromatic N) is 3. The molecule has 2 heterocycles. The third kappa shape index (κ3) is 3.22. The third-order valence-corrected chi connectivity index (χ3v) is 4.82. The summed E-state index contributed by atoms with van der Waals surface area (Å²) in [5.41, 5.74) is 13.0. The van der Waals surface area contributed by atoms with Gasteiger partial charge in [0.05, 0.1) is 12.2 Å². The van der Waals surface area contributed by atoms with Crippen molar-refractivity contribution in [1.29, 1.82) is 0 Å². The van der Waals surface area contributed by atoms with Gasteiger partial charge in [0.2, 0.25) is 0 Å². The lowest BCUT2D eigenvalue weighted by Crippen LogP contribution is -2.24. The van der Waals surface area contributed by atoms with Crippen LogP contribution < -0.4 is 11.1 Å². The van der Waals surface area contributed by atoms with E-state index in [0.29, 0.717) is 12.5 Å². The number of nitrogens with two attached hydrogens (primary N) is 1. The van der Waals surface area contributed by atoms with Gasteiger partial charge in [-0.15, -0.1) is 0 Å². The van der Waals surface area contributed by atoms with Crippen LogP contribution in [0.1, 0.15) is 35.4 Å². The molecule has 0 aliphatic heterocycles. The molecule has 0 saturated carbocycles. The van der Waals surface area contributed by atoms with Crippen molar-refractivity contribution < 1.29 is 0 Å². The van der Waals surface area contributed by atoms with Crippen molar-refractivity contribution in [1.82, 2.24) is 9.38 Å². The van der Waals surface area contributed by atoms with Gasteiger partial charge < -0.3 is 15.5 Å². The Kier molecular flexibility index (Phi) is 4.14. The van der Waals surface area contributed by atoms with E-state index in [2.05, 4.69) is 50.9 Å². The van der Waals surface area contributed by atoms with Crippen LogP contribution in [-0.2, 0) is 19.4 Å². The first-order valence-electron chi connectivity index (χ1n) is 8.82. The second-order valence-corrected chi connectivity index (χ2v) is 6.60. The Morgan fingerprint density at radius 3 is 2.92 bits per heavy atom. The van der Waals surface area contributed by atoms with Gasteiger partial charge in [-0.25, -0.2) is 9.98 Å². The fraction of sp³-hybridized carbons (Fsp3) is 0.300. The molecular weight excluding hydrogens is 310 g/mol. The van der Waals surface area contributed by atoms with Gasteiger partial charge in [-0.3, -0.25) is 0 Å². The number of guanidine groups is 1. The molecule has 0 amide bonds. The van der Waals surface area contributed by atoms with Crippen molar-refractivity contribution in [2.24, 2.45) is 10.7 Å². The van der Waals surface area contributed by atoms with Crippen LogP contribution in [0.25, 0.3) is 5.65 Å². The second-order valence-electron chi connectivity index (χ2n) is 6.60. The molecule has 3 N–H and O–H groups in total. The number of pyridine rings is 1. The molecule has 1 aliphatic carbocycles. The van der Waals surface area contributed by atoms with Crippen molar-refractivity contribution in [3.8, 4) is 0 Å². The van der Waals surface area contributed by atoms with Crippen molar-refractivity contribution in [3.05, 3.63) is 65.1 Å². The van der Waals surface area contributed by atoms with E-state index in [1.54, 1.807) is 0 Å². The number of anilines is 1. The molecule has 0 atom stereocenters. The van der Waals surface area contributed by atoms with Crippen LogP contribution in [0.2, 0.25) is 0 Å². The average molecular weight is 333 g/mol. The highest BCUT2D eigenvalue weighted by Crippen LogP contribution is 2.27. The van der Waals surface area contributed by atoms with E-state index in [-0.39, 0.29) is 0 Å². The number of aliphatic imine (C=N–C) groups is 1. The van der Waals surface area contributed by atoms with E-state index < -0.39 is 0 Å². The maximum absolute atomic E-state index is 6.12. The van der Waals surface area contributed by atoms with Gasteiger partial charge in [0.15, 0.2) is 5.96 Å². The number of hydrogen-bond donors (Lipinski definition) is 2. The predicted molar refractivity (Wildman–Crippen MR) is 102 cm³/mol. The number of imidazole rings is 1. The minimum absolute atomic E-state index is 0.438. The highest BCUT2D eigenvalue weighted by Gasteiger charge is 2.13. The lowest BCUT2D eigenvalue weighted by molar-refractivity contribution is 0.687. The quantitative estimate of drug-likeness (QED) is 0.570. The van der Waals surface area contributed by atoms with Crippen molar-refractivity contribution in [2.75, 3.05) is 5.32 Å². The summed E-state index contributed by atoms with van der Waals surface area (Å²) in [6.07, 6.45) is 6.79. The van der Waals surface area contributed by atoms with Crippen LogP contribution in [0.15, 0.2) is 47.6 Å². The first kappa shape index (κ1) is 15.7. The number of rotatable bonds is 3. The molecule has 0 fully saturated rings. The zero-order valence-electron chi connectivity index (χ0n) is 14.5. The Labute approximate surface area is 147 Å². The van der Waals surface area contributed by atoms with Gasteiger partial charge in [0.25, 0.3) is 0 Å². The Morgan fingerprint density at radius 1 is 1.20 bits per heavy atom. The van der Waals surface area contributed by atoms with E-state index >= 15 is 0 Å². The second kappa shape index (κ2) is 6.59. The van der Waals surface area contributed by atoms with Gasteiger partial charge >= 0.3 is 0 Å². The Hall–Kier alpha value is -2.82. The molecule has 2 aromatic heterocycles. The van der Waals surface area contributed by atoms with Gasteiger partial charge in [-0.2, -0.15) is 0 Å². The Balaban J connectivity index is 1.51. The van der Waals surface area contributed by atoms with Crippen LogP contribution in [-0.4, -0.2) is 15.3 Å². The van der Waals surface area contributed by atoms with Gasteiger partial charge in [-0.05, 0) is 61.9 Å². The predicted octanol–water partition coefficient (Wildman–Crippen LogP) is 3.45. The van der Waals surface area contributed by atoms with Crippen LogP contribution >= 0.6 is 0 Å². The zero-order valence-corrected chi connectivity index (χ0v) is 14.5. The third-order valence-electron chi connectivity index (χ3n) is 4.82. The standard InChI is InChI=1S/C20H23N5/c1-14-6-4-11-19-23-16(13-25(14)19)12-22-20(21)24-18-10-5-8-15-7-2-3-9-17(15)18/h4-6,8,10-11,13H,2-3,7,9,12H2,1H3,(H3,21,22,24). The largest absolute Gasteiger partial charge is 0.370 e.